The zero-order valence-corrected chi connectivity index (χ0v) is 25.1. The first-order valence-corrected chi connectivity index (χ1v) is 15.8. The second-order valence-corrected chi connectivity index (χ2v) is 12.8. The average Bonchev–Trinajstić information content (AvgIpc) is 2.99. The molecule has 1 fully saturated rings. The minimum atomic E-state index is -4.75. The molecule has 4 rings (SSSR count). The van der Waals surface area contributed by atoms with Crippen molar-refractivity contribution in [3.8, 4) is 0 Å². The van der Waals surface area contributed by atoms with Crippen molar-refractivity contribution in [1.82, 2.24) is 10.2 Å². The number of benzene rings is 3. The lowest BCUT2D eigenvalue weighted by molar-refractivity contribution is -0.139. The van der Waals surface area contributed by atoms with Crippen LogP contribution in [0.4, 0.5) is 18.9 Å². The highest BCUT2D eigenvalue weighted by molar-refractivity contribution is 7.92. The van der Waals surface area contributed by atoms with Crippen molar-refractivity contribution < 1.29 is 31.2 Å². The molecule has 0 bridgehead atoms. The van der Waals surface area contributed by atoms with Crippen LogP contribution in [-0.4, -0.2) is 43.8 Å². The van der Waals surface area contributed by atoms with E-state index < -0.39 is 46.2 Å². The number of amides is 2. The van der Waals surface area contributed by atoms with Gasteiger partial charge in [-0.05, 0) is 61.7 Å². The van der Waals surface area contributed by atoms with Crippen molar-refractivity contribution in [1.29, 1.82) is 0 Å². The fourth-order valence-corrected chi connectivity index (χ4v) is 6.67. The summed E-state index contributed by atoms with van der Waals surface area (Å²) in [4.78, 5) is 28.4. The molecule has 3 aromatic carbocycles. The highest BCUT2D eigenvalue weighted by Crippen LogP contribution is 2.33. The standard InChI is InChI=1S/C31H33ClF3N3O4S/c1-22(30(40)36-25-13-4-2-5-14-25)37(20-23-11-8-9-18-28(23)32)29(39)21-38(43(41,42)27-16-6-3-7-17-27)26-15-10-12-24(19-26)31(33,34)35/h3,6-12,15-19,22,25H,2,4-5,13-14,20-21H2,1H3,(H,36,40)/t22-/m0/s1. The molecule has 0 aromatic heterocycles. The molecular formula is C31H33ClF3N3O4S. The van der Waals surface area contributed by atoms with E-state index in [1.165, 1.54) is 42.2 Å². The van der Waals surface area contributed by atoms with Gasteiger partial charge in [-0.3, -0.25) is 13.9 Å². The lowest BCUT2D eigenvalue weighted by Gasteiger charge is -2.33. The van der Waals surface area contributed by atoms with E-state index in [1.54, 1.807) is 30.3 Å². The number of nitrogens with zero attached hydrogens (tertiary/aromatic N) is 2. The summed E-state index contributed by atoms with van der Waals surface area (Å²) in [6.07, 6.45) is -0.0782. The van der Waals surface area contributed by atoms with Gasteiger partial charge < -0.3 is 10.2 Å². The lowest BCUT2D eigenvalue weighted by Crippen LogP contribution is -2.53. The van der Waals surface area contributed by atoms with Crippen LogP contribution in [-0.2, 0) is 32.3 Å². The largest absolute Gasteiger partial charge is 0.416 e. The maximum Gasteiger partial charge on any atom is 0.416 e. The Balaban J connectivity index is 1.72. The molecule has 0 radical (unpaired) electrons. The molecule has 12 heteroatoms. The maximum absolute atomic E-state index is 14.0. The average molecular weight is 636 g/mol. The van der Waals surface area contributed by atoms with E-state index >= 15 is 0 Å². The van der Waals surface area contributed by atoms with Crippen LogP contribution in [0.1, 0.15) is 50.2 Å². The second kappa shape index (κ2) is 13.8. The van der Waals surface area contributed by atoms with Gasteiger partial charge in [-0.25, -0.2) is 8.42 Å². The van der Waals surface area contributed by atoms with Crippen molar-refractivity contribution in [2.24, 2.45) is 0 Å². The molecule has 0 heterocycles. The Morgan fingerprint density at radius 3 is 2.26 bits per heavy atom. The molecule has 0 saturated heterocycles. The van der Waals surface area contributed by atoms with Crippen LogP contribution in [0.5, 0.6) is 0 Å². The van der Waals surface area contributed by atoms with Crippen molar-refractivity contribution in [3.63, 3.8) is 0 Å². The molecule has 0 unspecified atom stereocenters. The van der Waals surface area contributed by atoms with Gasteiger partial charge in [0.15, 0.2) is 0 Å². The van der Waals surface area contributed by atoms with Crippen molar-refractivity contribution in [2.75, 3.05) is 10.8 Å². The number of halogens is 4. The summed E-state index contributed by atoms with van der Waals surface area (Å²) in [5, 5.41) is 3.34. The second-order valence-electron chi connectivity index (χ2n) is 10.5. The minimum absolute atomic E-state index is 0.0407. The first kappa shape index (κ1) is 32.3. The Hall–Kier alpha value is -3.57. The summed E-state index contributed by atoms with van der Waals surface area (Å²) in [6.45, 7) is 0.552. The van der Waals surface area contributed by atoms with Gasteiger partial charge in [0.25, 0.3) is 10.0 Å². The van der Waals surface area contributed by atoms with E-state index in [2.05, 4.69) is 5.32 Å². The van der Waals surface area contributed by atoms with Gasteiger partial charge in [0.2, 0.25) is 11.8 Å². The van der Waals surface area contributed by atoms with Crippen molar-refractivity contribution in [3.05, 3.63) is 95.0 Å². The van der Waals surface area contributed by atoms with Crippen LogP contribution >= 0.6 is 11.6 Å². The molecule has 1 saturated carbocycles. The Morgan fingerprint density at radius 2 is 1.60 bits per heavy atom. The Morgan fingerprint density at radius 1 is 0.953 bits per heavy atom. The fourth-order valence-electron chi connectivity index (χ4n) is 5.05. The topological polar surface area (TPSA) is 86.8 Å². The van der Waals surface area contributed by atoms with Crippen LogP contribution in [0.15, 0.2) is 83.8 Å². The van der Waals surface area contributed by atoms with Crippen molar-refractivity contribution >= 4 is 39.1 Å². The van der Waals surface area contributed by atoms with Crippen LogP contribution < -0.4 is 9.62 Å². The van der Waals surface area contributed by atoms with Crippen LogP contribution in [0, 0.1) is 0 Å². The normalized spacial score (nSPS) is 15.0. The third-order valence-corrected chi connectivity index (χ3v) is 9.65. The Bertz CT molecular complexity index is 1530. The molecule has 1 atom stereocenters. The summed E-state index contributed by atoms with van der Waals surface area (Å²) in [5.74, 6) is -1.20. The number of sulfonamides is 1. The molecule has 2 amide bonds. The minimum Gasteiger partial charge on any atom is -0.352 e. The van der Waals surface area contributed by atoms with E-state index in [-0.39, 0.29) is 23.2 Å². The number of rotatable bonds is 10. The smallest absolute Gasteiger partial charge is 0.352 e. The fraction of sp³-hybridized carbons (Fsp3) is 0.355. The monoisotopic (exact) mass is 635 g/mol. The summed E-state index contributed by atoms with van der Waals surface area (Å²) in [7, 11) is -4.50. The number of alkyl halides is 3. The molecule has 7 nitrogen and oxygen atoms in total. The van der Waals surface area contributed by atoms with Crippen LogP contribution in [0.2, 0.25) is 5.02 Å². The van der Waals surface area contributed by atoms with Crippen molar-refractivity contribution in [2.45, 2.75) is 68.7 Å². The molecule has 0 spiro atoms. The number of carbonyl (C=O) groups excluding carboxylic acids is 2. The van der Waals surface area contributed by atoms with Gasteiger partial charge in [0, 0.05) is 17.6 Å². The summed E-state index contributed by atoms with van der Waals surface area (Å²) < 4.78 is 69.1. The van der Waals surface area contributed by atoms with Crippen LogP contribution in [0.3, 0.4) is 0 Å². The number of hydrogen-bond donors (Lipinski definition) is 1. The molecule has 1 aliphatic rings. The first-order valence-electron chi connectivity index (χ1n) is 14.0. The number of nitrogens with one attached hydrogen (secondary N) is 1. The molecule has 1 aliphatic carbocycles. The maximum atomic E-state index is 14.0. The molecule has 1 N–H and O–H groups in total. The molecular weight excluding hydrogens is 603 g/mol. The Kier molecular flexibility index (Phi) is 10.4. The van der Waals surface area contributed by atoms with E-state index in [4.69, 9.17) is 11.6 Å². The number of carbonyl (C=O) groups is 2. The highest BCUT2D eigenvalue weighted by Gasteiger charge is 2.35. The zero-order valence-electron chi connectivity index (χ0n) is 23.6. The first-order chi connectivity index (χ1) is 20.4. The van der Waals surface area contributed by atoms with Gasteiger partial charge in [-0.1, -0.05) is 73.3 Å². The van der Waals surface area contributed by atoms with E-state index in [0.29, 0.717) is 21.0 Å². The summed E-state index contributed by atoms with van der Waals surface area (Å²) in [6, 6.07) is 16.6. The number of anilines is 1. The molecule has 43 heavy (non-hydrogen) atoms. The molecule has 0 aliphatic heterocycles. The SMILES string of the molecule is C[C@@H](C(=O)NC1CCCCC1)N(Cc1ccccc1Cl)C(=O)CN(c1cccc(C(F)(F)F)c1)S(=O)(=O)c1ccccc1. The summed E-state index contributed by atoms with van der Waals surface area (Å²) >= 11 is 6.38. The molecule has 3 aromatic rings. The highest BCUT2D eigenvalue weighted by atomic mass is 35.5. The van der Waals surface area contributed by atoms with Crippen LogP contribution in [0.25, 0.3) is 0 Å². The lowest BCUT2D eigenvalue weighted by atomic mass is 9.95. The quantitative estimate of drug-likeness (QED) is 0.279. The predicted molar refractivity (Wildman–Crippen MR) is 159 cm³/mol. The third kappa shape index (κ3) is 8.08. The van der Waals surface area contributed by atoms with Gasteiger partial charge in [0.05, 0.1) is 16.1 Å². The van der Waals surface area contributed by atoms with Gasteiger partial charge in [0.1, 0.15) is 12.6 Å². The predicted octanol–water partition coefficient (Wildman–Crippen LogP) is 6.42. The van der Waals surface area contributed by atoms with E-state index in [0.717, 1.165) is 44.2 Å². The zero-order chi connectivity index (χ0) is 31.2. The summed E-state index contributed by atoms with van der Waals surface area (Å²) in [5.41, 5.74) is -0.894. The van der Waals surface area contributed by atoms with Gasteiger partial charge in [-0.15, -0.1) is 0 Å². The van der Waals surface area contributed by atoms with E-state index in [9.17, 15) is 31.2 Å². The Labute approximate surface area is 254 Å². The van der Waals surface area contributed by atoms with E-state index in [1.807, 2.05) is 0 Å². The number of hydrogen-bond acceptors (Lipinski definition) is 4. The van der Waals surface area contributed by atoms with Gasteiger partial charge in [-0.2, -0.15) is 13.2 Å². The van der Waals surface area contributed by atoms with Gasteiger partial charge >= 0.3 is 6.18 Å². The third-order valence-electron chi connectivity index (χ3n) is 7.49. The molecule has 230 valence electrons.